The molecule has 1 saturated heterocycles. The third-order valence-corrected chi connectivity index (χ3v) is 3.61. The molecule has 98 valence electrons. The molecule has 1 aromatic rings. The number of aryl methyl sites for hydroxylation is 1. The third kappa shape index (κ3) is 3.24. The van der Waals surface area contributed by atoms with Crippen LogP contribution < -0.4 is 4.90 Å². The number of rotatable bonds is 3. The lowest BCUT2D eigenvalue weighted by molar-refractivity contribution is 0.142. The Morgan fingerprint density at radius 3 is 2.56 bits per heavy atom. The molecule has 18 heavy (non-hydrogen) atoms. The number of carboxylic acid groups (broad SMARTS) is 1. The molecule has 0 unspecified atom stereocenters. The second-order valence-electron chi connectivity index (χ2n) is 4.22. The van der Waals surface area contributed by atoms with Gasteiger partial charge >= 0.3 is 6.09 Å². The fourth-order valence-electron chi connectivity index (χ4n) is 1.99. The third-order valence-electron chi connectivity index (χ3n) is 3.07. The summed E-state index contributed by atoms with van der Waals surface area (Å²) in [6.45, 7) is 2.52. The summed E-state index contributed by atoms with van der Waals surface area (Å²) in [6.07, 6.45) is 2.12. The molecular formula is C12H16IN3O2. The Hall–Kier alpha value is -1.05. The fourth-order valence-corrected chi connectivity index (χ4v) is 2.61. The maximum Gasteiger partial charge on any atom is 0.407 e. The number of piperazine rings is 1. The van der Waals surface area contributed by atoms with Gasteiger partial charge in [-0.1, -0.05) is 28.7 Å². The van der Waals surface area contributed by atoms with Crippen LogP contribution in [0.15, 0.2) is 18.3 Å². The molecule has 2 rings (SSSR count). The predicted octanol–water partition coefficient (Wildman–Crippen LogP) is 1.86. The quantitative estimate of drug-likeness (QED) is 0.660. The van der Waals surface area contributed by atoms with Crippen molar-refractivity contribution in [2.75, 3.05) is 35.5 Å². The van der Waals surface area contributed by atoms with E-state index in [9.17, 15) is 4.79 Å². The van der Waals surface area contributed by atoms with Crippen molar-refractivity contribution >= 4 is 34.5 Å². The summed E-state index contributed by atoms with van der Waals surface area (Å²) < 4.78 is 1.09. The first kappa shape index (κ1) is 13.4. The summed E-state index contributed by atoms with van der Waals surface area (Å²) in [7, 11) is 0. The molecule has 2 heterocycles. The van der Waals surface area contributed by atoms with E-state index in [0.29, 0.717) is 26.2 Å². The molecule has 1 amide bonds. The Kier molecular flexibility index (Phi) is 4.62. The van der Waals surface area contributed by atoms with E-state index in [4.69, 9.17) is 5.11 Å². The maximum atomic E-state index is 10.8. The van der Waals surface area contributed by atoms with Gasteiger partial charge in [0, 0.05) is 36.8 Å². The number of nitrogens with zero attached hydrogens (tertiary/aromatic N) is 3. The van der Waals surface area contributed by atoms with Crippen molar-refractivity contribution in [2.45, 2.75) is 6.42 Å². The van der Waals surface area contributed by atoms with Crippen LogP contribution in [0, 0.1) is 0 Å². The number of amides is 1. The largest absolute Gasteiger partial charge is 0.465 e. The summed E-state index contributed by atoms with van der Waals surface area (Å²) in [5.74, 6) is 0.942. The summed E-state index contributed by atoms with van der Waals surface area (Å²) in [4.78, 5) is 18.8. The zero-order chi connectivity index (χ0) is 13.0. The van der Waals surface area contributed by atoms with Crippen LogP contribution in [0.3, 0.4) is 0 Å². The highest BCUT2D eigenvalue weighted by Crippen LogP contribution is 2.14. The number of pyridine rings is 1. The fraction of sp³-hybridized carbons (Fsp3) is 0.500. The van der Waals surface area contributed by atoms with Gasteiger partial charge in [-0.25, -0.2) is 9.78 Å². The molecular weight excluding hydrogens is 345 g/mol. The summed E-state index contributed by atoms with van der Waals surface area (Å²) in [5.41, 5.74) is 1.25. The second kappa shape index (κ2) is 6.21. The van der Waals surface area contributed by atoms with E-state index < -0.39 is 6.09 Å². The van der Waals surface area contributed by atoms with E-state index in [2.05, 4.69) is 38.5 Å². The minimum atomic E-state index is -0.833. The van der Waals surface area contributed by atoms with Crippen LogP contribution in [0.4, 0.5) is 10.6 Å². The normalized spacial score (nSPS) is 15.8. The minimum absolute atomic E-state index is 0.548. The van der Waals surface area contributed by atoms with Crippen molar-refractivity contribution in [1.82, 2.24) is 9.88 Å². The Bertz CT molecular complexity index is 402. The Morgan fingerprint density at radius 2 is 2.06 bits per heavy atom. The van der Waals surface area contributed by atoms with Crippen LogP contribution in [-0.2, 0) is 6.42 Å². The average molecular weight is 361 g/mol. The van der Waals surface area contributed by atoms with Gasteiger partial charge < -0.3 is 14.9 Å². The Labute approximate surface area is 120 Å². The van der Waals surface area contributed by atoms with E-state index >= 15 is 0 Å². The van der Waals surface area contributed by atoms with Crippen molar-refractivity contribution in [2.24, 2.45) is 0 Å². The predicted molar refractivity (Wildman–Crippen MR) is 78.6 cm³/mol. The summed E-state index contributed by atoms with van der Waals surface area (Å²) >= 11 is 2.35. The lowest BCUT2D eigenvalue weighted by Crippen LogP contribution is -2.48. The van der Waals surface area contributed by atoms with Gasteiger partial charge in [0.25, 0.3) is 0 Å². The van der Waals surface area contributed by atoms with Gasteiger partial charge in [0.05, 0.1) is 0 Å². The van der Waals surface area contributed by atoms with Crippen LogP contribution >= 0.6 is 22.6 Å². The van der Waals surface area contributed by atoms with Crippen molar-refractivity contribution in [3.8, 4) is 0 Å². The highest BCUT2D eigenvalue weighted by Gasteiger charge is 2.20. The van der Waals surface area contributed by atoms with Crippen molar-refractivity contribution in [1.29, 1.82) is 0 Å². The number of carbonyl (C=O) groups is 1. The van der Waals surface area contributed by atoms with Crippen LogP contribution in [-0.4, -0.2) is 51.7 Å². The van der Waals surface area contributed by atoms with Crippen molar-refractivity contribution in [3.05, 3.63) is 23.9 Å². The zero-order valence-electron chi connectivity index (χ0n) is 10.0. The summed E-state index contributed by atoms with van der Waals surface area (Å²) in [5, 5.41) is 8.88. The van der Waals surface area contributed by atoms with Crippen molar-refractivity contribution < 1.29 is 9.90 Å². The van der Waals surface area contributed by atoms with Crippen LogP contribution in [0.1, 0.15) is 5.56 Å². The molecule has 0 spiro atoms. The number of anilines is 1. The van der Waals surface area contributed by atoms with Gasteiger partial charge in [-0.15, -0.1) is 0 Å². The number of hydrogen-bond acceptors (Lipinski definition) is 3. The van der Waals surface area contributed by atoms with E-state index in [1.165, 1.54) is 10.5 Å². The number of alkyl halides is 1. The molecule has 6 heteroatoms. The molecule has 1 N–H and O–H groups in total. The van der Waals surface area contributed by atoms with Crippen molar-refractivity contribution in [3.63, 3.8) is 0 Å². The molecule has 1 aliphatic heterocycles. The molecule has 0 aromatic carbocycles. The van der Waals surface area contributed by atoms with Crippen LogP contribution in [0.2, 0.25) is 0 Å². The monoisotopic (exact) mass is 361 g/mol. The van der Waals surface area contributed by atoms with Gasteiger partial charge in [0.2, 0.25) is 0 Å². The van der Waals surface area contributed by atoms with E-state index in [1.807, 2.05) is 12.3 Å². The molecule has 0 atom stereocenters. The molecule has 0 radical (unpaired) electrons. The molecule has 5 nitrogen and oxygen atoms in total. The topological polar surface area (TPSA) is 56.7 Å². The Balaban J connectivity index is 1.95. The molecule has 0 bridgehead atoms. The molecule has 1 aromatic heterocycles. The molecule has 1 aliphatic rings. The SMILES string of the molecule is O=C(O)N1CCN(c2ccc(CCI)cn2)CC1. The summed E-state index contributed by atoms with van der Waals surface area (Å²) in [6, 6.07) is 4.13. The van der Waals surface area contributed by atoms with Gasteiger partial charge in [-0.05, 0) is 18.1 Å². The maximum absolute atomic E-state index is 10.8. The zero-order valence-corrected chi connectivity index (χ0v) is 12.2. The first-order chi connectivity index (χ1) is 8.70. The van der Waals surface area contributed by atoms with Crippen LogP contribution in [0.5, 0.6) is 0 Å². The Morgan fingerprint density at radius 1 is 1.33 bits per heavy atom. The number of halogens is 1. The van der Waals surface area contributed by atoms with E-state index in [-0.39, 0.29) is 0 Å². The van der Waals surface area contributed by atoms with Crippen LogP contribution in [0.25, 0.3) is 0 Å². The standard InChI is InChI=1S/C12H16IN3O2/c13-4-3-10-1-2-11(14-9-10)15-5-7-16(8-6-15)12(17)18/h1-2,9H,3-8H2,(H,17,18). The molecule has 0 saturated carbocycles. The number of aromatic nitrogens is 1. The van der Waals surface area contributed by atoms with Gasteiger partial charge in [0.15, 0.2) is 0 Å². The first-order valence-electron chi connectivity index (χ1n) is 5.94. The lowest BCUT2D eigenvalue weighted by atomic mass is 10.2. The highest BCUT2D eigenvalue weighted by atomic mass is 127. The van der Waals surface area contributed by atoms with E-state index in [1.54, 1.807) is 0 Å². The smallest absolute Gasteiger partial charge is 0.407 e. The average Bonchev–Trinajstić information content (AvgIpc) is 2.40. The molecule has 1 fully saturated rings. The first-order valence-corrected chi connectivity index (χ1v) is 7.47. The number of hydrogen-bond donors (Lipinski definition) is 1. The second-order valence-corrected chi connectivity index (χ2v) is 5.30. The van der Waals surface area contributed by atoms with E-state index in [0.717, 1.165) is 16.7 Å². The van der Waals surface area contributed by atoms with Gasteiger partial charge in [-0.2, -0.15) is 0 Å². The van der Waals surface area contributed by atoms with Gasteiger partial charge in [-0.3, -0.25) is 0 Å². The highest BCUT2D eigenvalue weighted by molar-refractivity contribution is 14.1. The lowest BCUT2D eigenvalue weighted by Gasteiger charge is -2.33. The molecule has 0 aliphatic carbocycles. The van der Waals surface area contributed by atoms with Gasteiger partial charge in [0.1, 0.15) is 5.82 Å². The minimum Gasteiger partial charge on any atom is -0.465 e.